The maximum Gasteiger partial charge on any atom is 0.276 e. The molecule has 0 radical (unpaired) electrons. The van der Waals surface area contributed by atoms with E-state index in [4.69, 9.17) is 4.74 Å². The number of amides is 2. The number of carbonyl (C=O) groups is 2. The number of nitrogens with zero attached hydrogens (tertiary/aromatic N) is 5. The van der Waals surface area contributed by atoms with Gasteiger partial charge >= 0.3 is 0 Å². The highest BCUT2D eigenvalue weighted by Crippen LogP contribution is 2.56. The summed E-state index contributed by atoms with van der Waals surface area (Å²) in [4.78, 5) is 29.0. The van der Waals surface area contributed by atoms with Crippen molar-refractivity contribution in [2.24, 2.45) is 5.41 Å². The number of likely N-dealkylation sites (tertiary alicyclic amines) is 1. The van der Waals surface area contributed by atoms with Gasteiger partial charge in [-0.05, 0) is 48.8 Å². The number of carbonyl (C=O) groups excluding carboxylic acids is 2. The maximum atomic E-state index is 13.4. The number of hydrogen-bond acceptors (Lipinski definition) is 5. The zero-order valence-corrected chi connectivity index (χ0v) is 18.1. The van der Waals surface area contributed by atoms with E-state index in [0.717, 1.165) is 25.7 Å². The molecule has 3 aliphatic rings. The zero-order chi connectivity index (χ0) is 22.1. The number of morpholine rings is 1. The standard InChI is InChI=1S/C23H28FN5O3/c24-18-3-1-2-17(14-18)15-21(30)27-8-6-23(7-9-27)5-4-20(23)29-16-19(25-26-29)22(31)28-10-12-32-13-11-28/h1-3,14,16,20H,4-13,15H2. The van der Waals surface area contributed by atoms with Gasteiger partial charge in [0, 0.05) is 26.2 Å². The van der Waals surface area contributed by atoms with Gasteiger partial charge < -0.3 is 14.5 Å². The van der Waals surface area contributed by atoms with E-state index in [0.29, 0.717) is 50.7 Å². The van der Waals surface area contributed by atoms with Crippen LogP contribution in [0.2, 0.25) is 0 Å². The largest absolute Gasteiger partial charge is 0.378 e. The molecule has 2 amide bonds. The fourth-order valence-electron chi connectivity index (χ4n) is 5.27. The lowest BCUT2D eigenvalue weighted by atomic mass is 9.59. The van der Waals surface area contributed by atoms with E-state index in [9.17, 15) is 14.0 Å². The molecule has 170 valence electrons. The second-order valence-electron chi connectivity index (χ2n) is 9.09. The number of aromatic nitrogens is 3. The van der Waals surface area contributed by atoms with Gasteiger partial charge in [-0.1, -0.05) is 17.3 Å². The molecule has 0 N–H and O–H groups in total. The van der Waals surface area contributed by atoms with Crippen molar-refractivity contribution in [3.63, 3.8) is 0 Å². The fourth-order valence-corrected chi connectivity index (χ4v) is 5.27. The molecule has 1 atom stereocenters. The predicted molar refractivity (Wildman–Crippen MR) is 113 cm³/mol. The molecule has 2 aliphatic heterocycles. The molecule has 3 heterocycles. The van der Waals surface area contributed by atoms with E-state index < -0.39 is 0 Å². The molecule has 1 spiro atoms. The Morgan fingerprint density at radius 1 is 1.09 bits per heavy atom. The highest BCUT2D eigenvalue weighted by molar-refractivity contribution is 5.92. The van der Waals surface area contributed by atoms with Crippen LogP contribution in [0.4, 0.5) is 4.39 Å². The second-order valence-corrected chi connectivity index (χ2v) is 9.09. The van der Waals surface area contributed by atoms with Gasteiger partial charge in [-0.2, -0.15) is 0 Å². The van der Waals surface area contributed by atoms with Crippen molar-refractivity contribution >= 4 is 11.8 Å². The van der Waals surface area contributed by atoms with Gasteiger partial charge in [0.05, 0.1) is 31.9 Å². The summed E-state index contributed by atoms with van der Waals surface area (Å²) < 4.78 is 20.6. The Kier molecular flexibility index (Phi) is 5.67. The zero-order valence-electron chi connectivity index (χ0n) is 18.1. The smallest absolute Gasteiger partial charge is 0.276 e. The first-order chi connectivity index (χ1) is 15.5. The number of benzene rings is 1. The molecule has 2 saturated heterocycles. The molecule has 1 saturated carbocycles. The molecule has 1 unspecified atom stereocenters. The third kappa shape index (κ3) is 4.01. The Hall–Kier alpha value is -2.81. The summed E-state index contributed by atoms with van der Waals surface area (Å²) in [5.74, 6) is -0.365. The third-order valence-electron chi connectivity index (χ3n) is 7.33. The van der Waals surface area contributed by atoms with Gasteiger partial charge in [0.25, 0.3) is 5.91 Å². The Bertz CT molecular complexity index is 995. The minimum Gasteiger partial charge on any atom is -0.378 e. The summed E-state index contributed by atoms with van der Waals surface area (Å²) in [5.41, 5.74) is 1.19. The third-order valence-corrected chi connectivity index (χ3v) is 7.33. The van der Waals surface area contributed by atoms with Crippen LogP contribution < -0.4 is 0 Å². The van der Waals surface area contributed by atoms with Crippen LogP contribution in [0, 0.1) is 11.2 Å². The molecule has 2 aromatic rings. The summed E-state index contributed by atoms with van der Waals surface area (Å²) in [7, 11) is 0. The lowest BCUT2D eigenvalue weighted by Gasteiger charge is -2.53. The molecular weight excluding hydrogens is 413 g/mol. The van der Waals surface area contributed by atoms with Crippen LogP contribution in [-0.4, -0.2) is 76.0 Å². The molecule has 1 aliphatic carbocycles. The van der Waals surface area contributed by atoms with Crippen LogP contribution in [0.3, 0.4) is 0 Å². The molecule has 1 aromatic heterocycles. The van der Waals surface area contributed by atoms with Gasteiger partial charge in [-0.3, -0.25) is 9.59 Å². The molecule has 9 heteroatoms. The summed E-state index contributed by atoms with van der Waals surface area (Å²) in [6, 6.07) is 6.44. The fraction of sp³-hybridized carbons (Fsp3) is 0.565. The van der Waals surface area contributed by atoms with Gasteiger partial charge in [0.1, 0.15) is 5.82 Å². The van der Waals surface area contributed by atoms with E-state index in [2.05, 4.69) is 10.3 Å². The molecule has 0 bridgehead atoms. The Labute approximate surface area is 186 Å². The van der Waals surface area contributed by atoms with E-state index in [-0.39, 0.29) is 35.5 Å². The average molecular weight is 442 g/mol. The van der Waals surface area contributed by atoms with E-state index >= 15 is 0 Å². The van der Waals surface area contributed by atoms with Crippen LogP contribution in [0.25, 0.3) is 0 Å². The lowest BCUT2D eigenvalue weighted by Crippen LogP contribution is -2.51. The predicted octanol–water partition coefficient (Wildman–Crippen LogP) is 2.08. The topological polar surface area (TPSA) is 80.6 Å². The van der Waals surface area contributed by atoms with E-state index in [1.54, 1.807) is 23.2 Å². The first kappa shape index (κ1) is 21.1. The summed E-state index contributed by atoms with van der Waals surface area (Å²) in [6.07, 6.45) is 5.91. The average Bonchev–Trinajstić information content (AvgIpc) is 3.27. The lowest BCUT2D eigenvalue weighted by molar-refractivity contribution is -0.135. The summed E-state index contributed by atoms with van der Waals surface area (Å²) >= 11 is 0. The van der Waals surface area contributed by atoms with Crippen molar-refractivity contribution in [1.29, 1.82) is 0 Å². The van der Waals surface area contributed by atoms with E-state index in [1.807, 2.05) is 9.58 Å². The van der Waals surface area contributed by atoms with Crippen molar-refractivity contribution in [2.75, 3.05) is 39.4 Å². The second kappa shape index (κ2) is 8.61. The summed E-state index contributed by atoms with van der Waals surface area (Å²) in [6.45, 7) is 3.66. The van der Waals surface area contributed by atoms with Crippen LogP contribution in [0.15, 0.2) is 30.5 Å². The number of rotatable bonds is 4. The summed E-state index contributed by atoms with van der Waals surface area (Å²) in [5, 5.41) is 8.45. The first-order valence-electron chi connectivity index (χ1n) is 11.4. The van der Waals surface area contributed by atoms with Crippen molar-refractivity contribution < 1.29 is 18.7 Å². The van der Waals surface area contributed by atoms with Crippen molar-refractivity contribution in [3.8, 4) is 0 Å². The highest BCUT2D eigenvalue weighted by atomic mass is 19.1. The molecule has 8 nitrogen and oxygen atoms in total. The minimum absolute atomic E-state index is 0.0421. The monoisotopic (exact) mass is 441 g/mol. The van der Waals surface area contributed by atoms with Gasteiger partial charge in [0.2, 0.25) is 5.91 Å². The maximum absolute atomic E-state index is 13.4. The Balaban J connectivity index is 1.19. The Morgan fingerprint density at radius 3 is 2.56 bits per heavy atom. The number of ether oxygens (including phenoxy) is 1. The molecular formula is C23H28FN5O3. The van der Waals surface area contributed by atoms with Crippen LogP contribution in [0.1, 0.15) is 47.8 Å². The highest BCUT2D eigenvalue weighted by Gasteiger charge is 2.50. The van der Waals surface area contributed by atoms with Crippen molar-refractivity contribution in [1.82, 2.24) is 24.8 Å². The van der Waals surface area contributed by atoms with Crippen molar-refractivity contribution in [2.45, 2.75) is 38.1 Å². The minimum atomic E-state index is -0.315. The molecule has 5 rings (SSSR count). The SMILES string of the molecule is O=C(Cc1cccc(F)c1)N1CCC2(CCC2n2cc(C(=O)N3CCOCC3)nn2)CC1. The molecule has 3 fully saturated rings. The van der Waals surface area contributed by atoms with Gasteiger partial charge in [0.15, 0.2) is 5.69 Å². The van der Waals surface area contributed by atoms with Crippen LogP contribution >= 0.6 is 0 Å². The normalized spacial score (nSPS) is 22.6. The van der Waals surface area contributed by atoms with Crippen LogP contribution in [0.5, 0.6) is 0 Å². The molecule has 32 heavy (non-hydrogen) atoms. The van der Waals surface area contributed by atoms with Crippen molar-refractivity contribution in [3.05, 3.63) is 47.5 Å². The van der Waals surface area contributed by atoms with E-state index in [1.165, 1.54) is 12.1 Å². The van der Waals surface area contributed by atoms with Gasteiger partial charge in [-0.25, -0.2) is 9.07 Å². The van der Waals surface area contributed by atoms with Gasteiger partial charge in [-0.15, -0.1) is 5.10 Å². The van der Waals surface area contributed by atoms with Crippen LogP contribution in [-0.2, 0) is 16.0 Å². The number of piperidine rings is 1. The first-order valence-corrected chi connectivity index (χ1v) is 11.4. The number of hydrogen-bond donors (Lipinski definition) is 0. The Morgan fingerprint density at radius 2 is 1.88 bits per heavy atom. The number of halogens is 1. The quantitative estimate of drug-likeness (QED) is 0.726. The molecule has 1 aromatic carbocycles.